The van der Waals surface area contributed by atoms with Gasteiger partial charge in [0.25, 0.3) is 5.69 Å². The summed E-state index contributed by atoms with van der Waals surface area (Å²) in [5, 5.41) is 11.7. The fraction of sp³-hybridized carbons (Fsp3) is 0.0769. The Balaban J connectivity index is 2.17. The fourth-order valence-corrected chi connectivity index (χ4v) is 2.75. The van der Waals surface area contributed by atoms with E-state index in [1.54, 1.807) is 18.5 Å². The molecule has 7 heteroatoms. The summed E-state index contributed by atoms with van der Waals surface area (Å²) in [6.45, 7) is 0. The van der Waals surface area contributed by atoms with Crippen molar-refractivity contribution in [2.45, 2.75) is 0 Å². The van der Waals surface area contributed by atoms with Crippen LogP contribution in [0.1, 0.15) is 0 Å². The average Bonchev–Trinajstić information content (AvgIpc) is 2.90. The smallest absolute Gasteiger partial charge is 0.273 e. The van der Waals surface area contributed by atoms with E-state index in [2.05, 4.69) is 9.97 Å². The molecule has 0 atom stereocenters. The van der Waals surface area contributed by atoms with E-state index >= 15 is 0 Å². The Hall–Kier alpha value is -2.54. The van der Waals surface area contributed by atoms with Gasteiger partial charge in [-0.1, -0.05) is 0 Å². The van der Waals surface area contributed by atoms with Crippen LogP contribution in [0, 0.1) is 10.1 Å². The number of nitro benzene ring substituents is 1. The summed E-state index contributed by atoms with van der Waals surface area (Å²) >= 11 is 1.44. The number of hydrogen-bond acceptors (Lipinski definition) is 6. The second-order valence-electron chi connectivity index (χ2n) is 4.04. The summed E-state index contributed by atoms with van der Waals surface area (Å²) < 4.78 is 6.04. The Labute approximate surface area is 117 Å². The average molecular weight is 287 g/mol. The molecule has 100 valence electrons. The molecule has 3 aromatic rings. The third-order valence-corrected chi connectivity index (χ3v) is 3.83. The standard InChI is InChI=1S/C13H9N3O3S/c1-19-10-5-8(4-9(6-10)16(17)18)13-15-11-2-3-14-7-12(11)20-13/h2-7H,1H3. The predicted molar refractivity (Wildman–Crippen MR) is 76.1 cm³/mol. The predicted octanol–water partition coefficient (Wildman–Crippen LogP) is 3.28. The molecule has 1 aromatic carbocycles. The largest absolute Gasteiger partial charge is 0.496 e. The first-order valence-electron chi connectivity index (χ1n) is 5.72. The third kappa shape index (κ3) is 2.19. The zero-order valence-electron chi connectivity index (χ0n) is 10.4. The number of benzene rings is 1. The monoisotopic (exact) mass is 287 g/mol. The Morgan fingerprint density at radius 3 is 2.90 bits per heavy atom. The molecule has 0 spiro atoms. The summed E-state index contributed by atoms with van der Waals surface area (Å²) in [7, 11) is 1.48. The van der Waals surface area contributed by atoms with E-state index in [0.29, 0.717) is 16.3 Å². The number of nitrogens with zero attached hydrogens (tertiary/aromatic N) is 3. The molecule has 0 aliphatic heterocycles. The highest BCUT2D eigenvalue weighted by Gasteiger charge is 2.14. The van der Waals surface area contributed by atoms with Gasteiger partial charge in [-0.2, -0.15) is 0 Å². The van der Waals surface area contributed by atoms with Crippen LogP contribution in [-0.2, 0) is 0 Å². The van der Waals surface area contributed by atoms with E-state index in [4.69, 9.17) is 4.74 Å². The minimum absolute atomic E-state index is 0.0169. The number of aromatic nitrogens is 2. The minimum atomic E-state index is -0.444. The lowest BCUT2D eigenvalue weighted by atomic mass is 10.2. The lowest BCUT2D eigenvalue weighted by molar-refractivity contribution is -0.384. The van der Waals surface area contributed by atoms with Crippen LogP contribution >= 0.6 is 11.3 Å². The van der Waals surface area contributed by atoms with Crippen molar-refractivity contribution in [3.8, 4) is 16.3 Å². The van der Waals surface area contributed by atoms with E-state index in [0.717, 1.165) is 10.2 Å². The van der Waals surface area contributed by atoms with Gasteiger partial charge >= 0.3 is 0 Å². The van der Waals surface area contributed by atoms with Crippen LogP contribution in [-0.4, -0.2) is 22.0 Å². The molecule has 0 saturated heterocycles. The Kier molecular flexibility index (Phi) is 3.03. The van der Waals surface area contributed by atoms with Gasteiger partial charge in [-0.3, -0.25) is 15.1 Å². The fourth-order valence-electron chi connectivity index (χ4n) is 1.83. The number of methoxy groups -OCH3 is 1. The molecular formula is C13H9N3O3S. The van der Waals surface area contributed by atoms with E-state index in [1.165, 1.54) is 30.6 Å². The van der Waals surface area contributed by atoms with Gasteiger partial charge in [0, 0.05) is 24.0 Å². The number of pyridine rings is 1. The van der Waals surface area contributed by atoms with Crippen molar-refractivity contribution in [3.63, 3.8) is 0 Å². The van der Waals surface area contributed by atoms with E-state index in [9.17, 15) is 10.1 Å². The van der Waals surface area contributed by atoms with Crippen LogP contribution in [0.25, 0.3) is 20.8 Å². The number of hydrogen-bond donors (Lipinski definition) is 0. The van der Waals surface area contributed by atoms with Crippen LogP contribution in [0.4, 0.5) is 5.69 Å². The number of ether oxygens (including phenoxy) is 1. The molecule has 0 fully saturated rings. The molecular weight excluding hydrogens is 278 g/mol. The number of fused-ring (bicyclic) bond motifs is 1. The van der Waals surface area contributed by atoms with Crippen molar-refractivity contribution in [3.05, 3.63) is 46.8 Å². The molecule has 3 rings (SSSR count). The molecule has 2 heterocycles. The number of rotatable bonds is 3. The van der Waals surface area contributed by atoms with Crippen molar-refractivity contribution in [1.82, 2.24) is 9.97 Å². The van der Waals surface area contributed by atoms with Crippen molar-refractivity contribution < 1.29 is 9.66 Å². The lowest BCUT2D eigenvalue weighted by Gasteiger charge is -2.02. The maximum Gasteiger partial charge on any atom is 0.273 e. The highest BCUT2D eigenvalue weighted by Crippen LogP contribution is 2.34. The molecule has 0 aliphatic carbocycles. The normalized spacial score (nSPS) is 10.7. The summed E-state index contributed by atoms with van der Waals surface area (Å²) in [4.78, 5) is 19.0. The van der Waals surface area contributed by atoms with Gasteiger partial charge in [-0.15, -0.1) is 11.3 Å². The van der Waals surface area contributed by atoms with E-state index in [1.807, 2.05) is 6.07 Å². The Bertz CT molecular complexity index is 767. The molecule has 0 amide bonds. The third-order valence-electron chi connectivity index (χ3n) is 2.78. The minimum Gasteiger partial charge on any atom is -0.496 e. The van der Waals surface area contributed by atoms with E-state index in [-0.39, 0.29) is 5.69 Å². The van der Waals surface area contributed by atoms with Crippen molar-refractivity contribution >= 4 is 27.2 Å². The molecule has 6 nitrogen and oxygen atoms in total. The summed E-state index contributed by atoms with van der Waals surface area (Å²) in [5.74, 6) is 0.437. The highest BCUT2D eigenvalue weighted by molar-refractivity contribution is 7.21. The number of thiazole rings is 1. The molecule has 0 aliphatic rings. The molecule has 0 N–H and O–H groups in total. The van der Waals surface area contributed by atoms with Gasteiger partial charge in [0.15, 0.2) is 0 Å². The van der Waals surface area contributed by atoms with Gasteiger partial charge in [0.2, 0.25) is 0 Å². The van der Waals surface area contributed by atoms with Crippen LogP contribution in [0.3, 0.4) is 0 Å². The molecule has 0 bridgehead atoms. The molecule has 20 heavy (non-hydrogen) atoms. The van der Waals surface area contributed by atoms with Crippen molar-refractivity contribution in [2.24, 2.45) is 0 Å². The number of non-ortho nitro benzene ring substituents is 1. The first-order valence-corrected chi connectivity index (χ1v) is 6.53. The second kappa shape index (κ2) is 4.86. The zero-order chi connectivity index (χ0) is 14.1. The molecule has 2 aromatic heterocycles. The van der Waals surface area contributed by atoms with Gasteiger partial charge in [-0.25, -0.2) is 4.98 Å². The van der Waals surface area contributed by atoms with Crippen LogP contribution in [0.5, 0.6) is 5.75 Å². The molecule has 0 unspecified atom stereocenters. The maximum absolute atomic E-state index is 10.9. The highest BCUT2D eigenvalue weighted by atomic mass is 32.1. The van der Waals surface area contributed by atoms with Gasteiger partial charge in [0.05, 0.1) is 28.3 Å². The summed E-state index contributed by atoms with van der Waals surface area (Å²) in [6.07, 6.45) is 3.39. The first-order chi connectivity index (χ1) is 9.67. The van der Waals surface area contributed by atoms with Gasteiger partial charge < -0.3 is 4.74 Å². The van der Waals surface area contributed by atoms with Gasteiger partial charge in [-0.05, 0) is 12.1 Å². The second-order valence-corrected chi connectivity index (χ2v) is 5.07. The van der Waals surface area contributed by atoms with Crippen LogP contribution < -0.4 is 4.74 Å². The quantitative estimate of drug-likeness (QED) is 0.545. The maximum atomic E-state index is 10.9. The molecule has 0 saturated carbocycles. The summed E-state index contributed by atoms with van der Waals surface area (Å²) in [5.41, 5.74) is 1.47. The SMILES string of the molecule is COc1cc(-c2nc3ccncc3s2)cc([N+](=O)[O-])c1. The first kappa shape index (κ1) is 12.5. The van der Waals surface area contributed by atoms with E-state index < -0.39 is 4.92 Å². The Morgan fingerprint density at radius 2 is 2.20 bits per heavy atom. The lowest BCUT2D eigenvalue weighted by Crippen LogP contribution is -1.91. The van der Waals surface area contributed by atoms with Gasteiger partial charge in [0.1, 0.15) is 10.8 Å². The van der Waals surface area contributed by atoms with Crippen LogP contribution in [0.2, 0.25) is 0 Å². The zero-order valence-corrected chi connectivity index (χ0v) is 11.3. The number of nitro groups is 1. The van der Waals surface area contributed by atoms with Crippen LogP contribution in [0.15, 0.2) is 36.7 Å². The van der Waals surface area contributed by atoms with Crippen molar-refractivity contribution in [2.75, 3.05) is 7.11 Å². The molecule has 0 radical (unpaired) electrons. The topological polar surface area (TPSA) is 78.2 Å². The summed E-state index contributed by atoms with van der Waals surface area (Å²) in [6, 6.07) is 6.42. The Morgan fingerprint density at radius 1 is 1.35 bits per heavy atom. The van der Waals surface area contributed by atoms with Crippen molar-refractivity contribution in [1.29, 1.82) is 0 Å².